The zero-order chi connectivity index (χ0) is 17.8. The fraction of sp³-hybridized carbons (Fsp3) is 0.133. The smallest absolute Gasteiger partial charge is 0.337 e. The van der Waals surface area contributed by atoms with Crippen molar-refractivity contribution in [3.05, 3.63) is 46.8 Å². The number of benzene rings is 1. The molecule has 0 aliphatic rings. The number of ether oxygens (including phenoxy) is 1. The second-order valence-corrected chi connectivity index (χ2v) is 5.33. The molecule has 0 spiro atoms. The number of halogens is 1. The third-order valence-electron chi connectivity index (χ3n) is 3.08. The van der Waals surface area contributed by atoms with Crippen LogP contribution < -0.4 is 10.6 Å². The maximum absolute atomic E-state index is 11.6. The molecule has 10 heteroatoms. The van der Waals surface area contributed by atoms with Crippen LogP contribution in [-0.2, 0) is 4.74 Å². The van der Waals surface area contributed by atoms with Crippen molar-refractivity contribution in [1.82, 2.24) is 20.3 Å². The van der Waals surface area contributed by atoms with Gasteiger partial charge >= 0.3 is 5.97 Å². The standard InChI is InChI=1S/C15H13ClN6O3/c1-8-5-12(22-25-8)19-13-7-17-21-15(20-13)18-11-6-9(14(23)24-2)3-4-10(11)16/h3-7H,1-2H3,(H2,18,19,20,21,22). The highest BCUT2D eigenvalue weighted by Gasteiger charge is 2.11. The van der Waals surface area contributed by atoms with E-state index in [1.807, 2.05) is 0 Å². The van der Waals surface area contributed by atoms with E-state index < -0.39 is 5.97 Å². The number of carbonyl (C=O) groups excluding carboxylic acids is 1. The van der Waals surface area contributed by atoms with Gasteiger partial charge in [0.05, 0.1) is 29.6 Å². The molecule has 2 heterocycles. The minimum atomic E-state index is -0.476. The second kappa shape index (κ2) is 7.14. The van der Waals surface area contributed by atoms with E-state index in [2.05, 4.69) is 35.7 Å². The highest BCUT2D eigenvalue weighted by molar-refractivity contribution is 6.33. The molecule has 2 N–H and O–H groups in total. The number of rotatable bonds is 5. The second-order valence-electron chi connectivity index (χ2n) is 4.92. The summed E-state index contributed by atoms with van der Waals surface area (Å²) in [4.78, 5) is 15.9. The molecule has 9 nitrogen and oxygen atoms in total. The lowest BCUT2D eigenvalue weighted by atomic mass is 10.2. The third-order valence-corrected chi connectivity index (χ3v) is 3.41. The normalized spacial score (nSPS) is 10.4. The van der Waals surface area contributed by atoms with Gasteiger partial charge in [-0.1, -0.05) is 16.8 Å². The van der Waals surface area contributed by atoms with Crippen LogP contribution in [0.25, 0.3) is 0 Å². The van der Waals surface area contributed by atoms with Gasteiger partial charge in [0.2, 0.25) is 5.95 Å². The van der Waals surface area contributed by atoms with Gasteiger partial charge in [-0.2, -0.15) is 10.1 Å². The lowest BCUT2D eigenvalue weighted by molar-refractivity contribution is 0.0601. The molecular formula is C15H13ClN6O3. The Balaban J connectivity index is 1.81. The number of methoxy groups -OCH3 is 1. The van der Waals surface area contributed by atoms with Crippen LogP contribution in [-0.4, -0.2) is 33.4 Å². The van der Waals surface area contributed by atoms with E-state index in [4.69, 9.17) is 16.1 Å². The quantitative estimate of drug-likeness (QED) is 0.662. The van der Waals surface area contributed by atoms with E-state index in [9.17, 15) is 4.79 Å². The molecule has 3 aromatic rings. The van der Waals surface area contributed by atoms with Crippen LogP contribution in [0, 0.1) is 6.92 Å². The first-order valence-electron chi connectivity index (χ1n) is 7.10. The summed E-state index contributed by atoms with van der Waals surface area (Å²) in [6, 6.07) is 6.39. The van der Waals surface area contributed by atoms with E-state index >= 15 is 0 Å². The number of aryl methyl sites for hydroxylation is 1. The molecular weight excluding hydrogens is 348 g/mol. The van der Waals surface area contributed by atoms with E-state index in [0.29, 0.717) is 33.7 Å². The largest absolute Gasteiger partial charge is 0.465 e. The van der Waals surface area contributed by atoms with Gasteiger partial charge < -0.3 is 19.9 Å². The van der Waals surface area contributed by atoms with E-state index in [1.54, 1.807) is 31.2 Å². The molecule has 0 atom stereocenters. The number of carbonyl (C=O) groups is 1. The minimum absolute atomic E-state index is 0.189. The van der Waals surface area contributed by atoms with Gasteiger partial charge in [-0.25, -0.2) is 4.79 Å². The Hall–Kier alpha value is -3.20. The van der Waals surface area contributed by atoms with Gasteiger partial charge in [0.25, 0.3) is 0 Å². The van der Waals surface area contributed by atoms with Gasteiger partial charge in [-0.05, 0) is 25.1 Å². The number of aromatic nitrogens is 4. The lowest BCUT2D eigenvalue weighted by Crippen LogP contribution is -2.05. The van der Waals surface area contributed by atoms with Crippen LogP contribution in [0.3, 0.4) is 0 Å². The summed E-state index contributed by atoms with van der Waals surface area (Å²) < 4.78 is 9.66. The fourth-order valence-electron chi connectivity index (χ4n) is 1.96. The highest BCUT2D eigenvalue weighted by Crippen LogP contribution is 2.26. The van der Waals surface area contributed by atoms with Crippen LogP contribution in [0.2, 0.25) is 5.02 Å². The van der Waals surface area contributed by atoms with E-state index in [1.165, 1.54) is 13.3 Å². The predicted molar refractivity (Wildman–Crippen MR) is 90.4 cm³/mol. The Morgan fingerprint density at radius 3 is 2.80 bits per heavy atom. The van der Waals surface area contributed by atoms with Gasteiger partial charge in [0.1, 0.15) is 5.76 Å². The number of nitrogens with zero attached hydrogens (tertiary/aromatic N) is 4. The molecule has 128 valence electrons. The van der Waals surface area contributed by atoms with Crippen molar-refractivity contribution in [3.63, 3.8) is 0 Å². The molecule has 0 saturated heterocycles. The topological polar surface area (TPSA) is 115 Å². The van der Waals surface area contributed by atoms with Crippen LogP contribution in [0.15, 0.2) is 35.0 Å². The number of anilines is 4. The lowest BCUT2D eigenvalue weighted by Gasteiger charge is -2.09. The number of nitrogens with one attached hydrogen (secondary N) is 2. The first-order chi connectivity index (χ1) is 12.0. The fourth-order valence-corrected chi connectivity index (χ4v) is 2.12. The van der Waals surface area contributed by atoms with Gasteiger partial charge in [-0.3, -0.25) is 0 Å². The maximum atomic E-state index is 11.6. The van der Waals surface area contributed by atoms with Gasteiger partial charge in [0, 0.05) is 6.07 Å². The molecule has 0 fully saturated rings. The van der Waals surface area contributed by atoms with Crippen molar-refractivity contribution >= 4 is 40.8 Å². The van der Waals surface area contributed by atoms with Crippen molar-refractivity contribution in [1.29, 1.82) is 0 Å². The van der Waals surface area contributed by atoms with Crippen molar-refractivity contribution < 1.29 is 14.1 Å². The minimum Gasteiger partial charge on any atom is -0.465 e. The summed E-state index contributed by atoms with van der Waals surface area (Å²) in [6.07, 6.45) is 1.43. The van der Waals surface area contributed by atoms with Crippen LogP contribution in [0.1, 0.15) is 16.1 Å². The molecule has 0 aliphatic carbocycles. The van der Waals surface area contributed by atoms with Crippen molar-refractivity contribution in [3.8, 4) is 0 Å². The summed E-state index contributed by atoms with van der Waals surface area (Å²) in [6.45, 7) is 1.78. The monoisotopic (exact) mass is 360 g/mol. The third kappa shape index (κ3) is 4.01. The number of esters is 1. The summed E-state index contributed by atoms with van der Waals surface area (Å²) in [5.74, 6) is 1.28. The van der Waals surface area contributed by atoms with Crippen LogP contribution in [0.5, 0.6) is 0 Å². The summed E-state index contributed by atoms with van der Waals surface area (Å²) >= 11 is 6.14. The van der Waals surface area contributed by atoms with Crippen molar-refractivity contribution in [2.45, 2.75) is 6.92 Å². The molecule has 3 rings (SSSR count). The van der Waals surface area contributed by atoms with Gasteiger partial charge in [0.15, 0.2) is 11.6 Å². The van der Waals surface area contributed by atoms with E-state index in [0.717, 1.165) is 0 Å². The first kappa shape index (κ1) is 16.7. The highest BCUT2D eigenvalue weighted by atomic mass is 35.5. The summed E-state index contributed by atoms with van der Waals surface area (Å²) in [7, 11) is 1.30. The van der Waals surface area contributed by atoms with E-state index in [-0.39, 0.29) is 5.95 Å². The Morgan fingerprint density at radius 1 is 1.24 bits per heavy atom. The molecule has 0 saturated carbocycles. The SMILES string of the molecule is COC(=O)c1ccc(Cl)c(Nc2nncc(Nc3cc(C)on3)n2)c1. The molecule has 0 bridgehead atoms. The Labute approximate surface area is 147 Å². The molecule has 1 aromatic carbocycles. The van der Waals surface area contributed by atoms with Gasteiger partial charge in [-0.15, -0.1) is 5.10 Å². The Morgan fingerprint density at radius 2 is 2.08 bits per heavy atom. The number of hydrogen-bond donors (Lipinski definition) is 2. The van der Waals surface area contributed by atoms with Crippen molar-refractivity contribution in [2.24, 2.45) is 0 Å². The molecule has 0 aliphatic heterocycles. The van der Waals surface area contributed by atoms with Crippen molar-refractivity contribution in [2.75, 3.05) is 17.7 Å². The zero-order valence-corrected chi connectivity index (χ0v) is 14.0. The predicted octanol–water partition coefficient (Wildman–Crippen LogP) is 3.10. The average molecular weight is 361 g/mol. The first-order valence-corrected chi connectivity index (χ1v) is 7.48. The molecule has 25 heavy (non-hydrogen) atoms. The Kier molecular flexibility index (Phi) is 4.75. The Bertz CT molecular complexity index is 914. The summed E-state index contributed by atoms with van der Waals surface area (Å²) in [5, 5.41) is 17.8. The summed E-state index contributed by atoms with van der Waals surface area (Å²) in [5.41, 5.74) is 0.788. The van der Waals surface area contributed by atoms with Crippen LogP contribution in [0.4, 0.5) is 23.3 Å². The molecule has 0 unspecified atom stereocenters. The molecule has 2 aromatic heterocycles. The molecule has 0 amide bonds. The maximum Gasteiger partial charge on any atom is 0.337 e. The molecule has 0 radical (unpaired) electrons. The zero-order valence-electron chi connectivity index (χ0n) is 13.3. The van der Waals surface area contributed by atoms with Crippen LogP contribution >= 0.6 is 11.6 Å². The number of hydrogen-bond acceptors (Lipinski definition) is 9. The average Bonchev–Trinajstić information content (AvgIpc) is 3.01.